The molecule has 3 aromatic carbocycles. The number of thiazole rings is 1. The van der Waals surface area contributed by atoms with E-state index in [1.807, 2.05) is 68.4 Å². The normalized spacial score (nSPS) is 18.4. The lowest BCUT2D eigenvalue weighted by Gasteiger charge is -2.47. The van der Waals surface area contributed by atoms with Crippen molar-refractivity contribution < 1.29 is 18.8 Å². The number of nitrogens with one attached hydrogen (secondary N) is 2. The summed E-state index contributed by atoms with van der Waals surface area (Å²) in [5.74, 6) is -1.05. The van der Waals surface area contributed by atoms with Crippen LogP contribution in [-0.2, 0) is 29.1 Å². The second-order valence-corrected chi connectivity index (χ2v) is 13.1. The van der Waals surface area contributed by atoms with Gasteiger partial charge >= 0.3 is 11.8 Å². The minimum absolute atomic E-state index is 0.0663. The average molecular weight is 655 g/mol. The van der Waals surface area contributed by atoms with Gasteiger partial charge in [0, 0.05) is 25.6 Å². The molecular weight excluding hydrogens is 620 g/mol. The number of carbonyl (C=O) groups is 3. The number of nitrogen functional groups attached to an aromatic ring is 1. The zero-order valence-corrected chi connectivity index (χ0v) is 26.7. The molecule has 0 aliphatic carbocycles. The van der Waals surface area contributed by atoms with Crippen LogP contribution in [-0.4, -0.2) is 79.0 Å². The zero-order valence-electron chi connectivity index (χ0n) is 25.9. The number of amides is 4. The van der Waals surface area contributed by atoms with Crippen molar-refractivity contribution in [1.82, 2.24) is 35.1 Å². The molecule has 0 bridgehead atoms. The lowest BCUT2D eigenvalue weighted by atomic mass is 9.99. The molecule has 242 valence electrons. The minimum Gasteiger partial charge on any atom is -0.408 e. The van der Waals surface area contributed by atoms with Crippen molar-refractivity contribution in [2.75, 3.05) is 18.8 Å². The summed E-state index contributed by atoms with van der Waals surface area (Å²) in [4.78, 5) is 64.1. The molecule has 4 heterocycles. The maximum absolute atomic E-state index is 14.3. The molecule has 5 aromatic rings. The Morgan fingerprint density at radius 1 is 1.11 bits per heavy atom. The summed E-state index contributed by atoms with van der Waals surface area (Å²) in [7, 11) is 0. The number of hydrogen-bond donors (Lipinski definition) is 3. The van der Waals surface area contributed by atoms with Crippen molar-refractivity contribution in [2.45, 2.75) is 51.6 Å². The number of rotatable bonds is 8. The summed E-state index contributed by atoms with van der Waals surface area (Å²) in [5.41, 5.74) is 10.2. The molecule has 0 unspecified atom stereocenters. The molecule has 2 aliphatic heterocycles. The Kier molecular flexibility index (Phi) is 7.90. The summed E-state index contributed by atoms with van der Waals surface area (Å²) < 4.78 is 6.19. The van der Waals surface area contributed by atoms with E-state index in [1.165, 1.54) is 11.3 Å². The van der Waals surface area contributed by atoms with Crippen LogP contribution in [0.3, 0.4) is 0 Å². The lowest BCUT2D eigenvalue weighted by molar-refractivity contribution is -0.158. The smallest absolute Gasteiger partial charge is 0.408 e. The van der Waals surface area contributed by atoms with Gasteiger partial charge in [0.05, 0.1) is 28.8 Å². The van der Waals surface area contributed by atoms with E-state index in [0.29, 0.717) is 22.8 Å². The van der Waals surface area contributed by atoms with Crippen molar-refractivity contribution in [3.8, 4) is 0 Å². The third-order valence-corrected chi connectivity index (χ3v) is 9.47. The van der Waals surface area contributed by atoms with Crippen LogP contribution in [0.1, 0.15) is 30.5 Å². The van der Waals surface area contributed by atoms with Crippen LogP contribution in [0.4, 0.5) is 9.93 Å². The number of hydrazine groups is 1. The van der Waals surface area contributed by atoms with Crippen LogP contribution in [0.5, 0.6) is 0 Å². The Labute approximate surface area is 273 Å². The molecule has 0 radical (unpaired) electrons. The predicted molar refractivity (Wildman–Crippen MR) is 177 cm³/mol. The van der Waals surface area contributed by atoms with Crippen LogP contribution < -0.4 is 16.8 Å². The first kappa shape index (κ1) is 30.4. The number of oxazole rings is 1. The zero-order chi connectivity index (χ0) is 32.8. The van der Waals surface area contributed by atoms with Gasteiger partial charge in [-0.15, -0.1) is 0 Å². The number of urea groups is 1. The van der Waals surface area contributed by atoms with Gasteiger partial charge in [-0.05, 0) is 48.7 Å². The fourth-order valence-electron chi connectivity index (χ4n) is 6.56. The van der Waals surface area contributed by atoms with E-state index >= 15 is 0 Å². The standard InChI is InChI=1S/C33H34N8O5S/c1-19(2)41(32(44)35-15-20-7-4-3-5-8-20)39-18-28(42)40-24(13-21-11-12-23-25(14-21)46-33(45)36-23)30(43)38(17-27(39)40)16-22-9-6-10-26-29(22)37-31(34)47-26/h3-12,14,19,24,27H,13,15-18H2,1-2H3,(H2,34,37)(H,35,44)(H,36,45)/t24-,27+/m0/s1. The van der Waals surface area contributed by atoms with Gasteiger partial charge in [0.2, 0.25) is 11.8 Å². The van der Waals surface area contributed by atoms with Gasteiger partial charge < -0.3 is 25.3 Å². The molecule has 2 fully saturated rings. The highest BCUT2D eigenvalue weighted by Gasteiger charge is 2.52. The van der Waals surface area contributed by atoms with E-state index in [0.717, 1.165) is 26.9 Å². The third-order valence-electron chi connectivity index (χ3n) is 8.62. The number of para-hydroxylation sites is 1. The number of carbonyl (C=O) groups excluding carboxylic acids is 3. The second-order valence-electron chi connectivity index (χ2n) is 12.1. The van der Waals surface area contributed by atoms with Crippen molar-refractivity contribution in [3.05, 3.63) is 94.0 Å². The molecule has 0 spiro atoms. The number of nitrogens with two attached hydrogens (primary N) is 1. The number of H-pyrrole nitrogens is 1. The summed E-state index contributed by atoms with van der Waals surface area (Å²) in [5, 5.41) is 6.79. The van der Waals surface area contributed by atoms with E-state index in [4.69, 9.17) is 10.2 Å². The van der Waals surface area contributed by atoms with Crippen LogP contribution in [0, 0.1) is 0 Å². The summed E-state index contributed by atoms with van der Waals surface area (Å²) in [6.07, 6.45) is -0.421. The number of fused-ring (bicyclic) bond motifs is 3. The maximum Gasteiger partial charge on any atom is 0.417 e. The van der Waals surface area contributed by atoms with Crippen molar-refractivity contribution in [1.29, 1.82) is 0 Å². The van der Waals surface area contributed by atoms with Gasteiger partial charge in [0.15, 0.2) is 10.7 Å². The Morgan fingerprint density at radius 2 is 1.91 bits per heavy atom. The number of benzene rings is 3. The molecule has 7 rings (SSSR count). The first-order chi connectivity index (χ1) is 22.7. The van der Waals surface area contributed by atoms with Gasteiger partial charge in [-0.1, -0.05) is 59.9 Å². The maximum atomic E-state index is 14.3. The summed E-state index contributed by atoms with van der Waals surface area (Å²) in [6, 6.07) is 19.1. The van der Waals surface area contributed by atoms with E-state index in [-0.39, 0.29) is 49.9 Å². The lowest BCUT2D eigenvalue weighted by Crippen LogP contribution is -2.66. The number of piperazine rings is 1. The highest BCUT2D eigenvalue weighted by Crippen LogP contribution is 2.33. The van der Waals surface area contributed by atoms with E-state index in [9.17, 15) is 19.2 Å². The van der Waals surface area contributed by atoms with Gasteiger partial charge in [-0.3, -0.25) is 19.6 Å². The molecule has 0 saturated carbocycles. The molecule has 4 amide bonds. The molecule has 2 aliphatic rings. The quantitative estimate of drug-likeness (QED) is 0.230. The highest BCUT2D eigenvalue weighted by atomic mass is 32.1. The molecule has 2 atom stereocenters. The number of nitrogens with zero attached hydrogens (tertiary/aromatic N) is 5. The predicted octanol–water partition coefficient (Wildman–Crippen LogP) is 3.27. The Hall–Kier alpha value is -5.21. The van der Waals surface area contributed by atoms with Gasteiger partial charge in [0.1, 0.15) is 12.2 Å². The fraction of sp³-hybridized carbons (Fsp3) is 0.303. The third kappa shape index (κ3) is 5.81. The highest BCUT2D eigenvalue weighted by molar-refractivity contribution is 7.22. The largest absolute Gasteiger partial charge is 0.417 e. The Morgan fingerprint density at radius 3 is 2.70 bits per heavy atom. The number of aromatic amines is 1. The second kappa shape index (κ2) is 12.2. The molecule has 14 heteroatoms. The molecular formula is C33H34N8O5S. The topological polar surface area (TPSA) is 161 Å². The van der Waals surface area contributed by atoms with Crippen LogP contribution in [0.15, 0.2) is 75.9 Å². The van der Waals surface area contributed by atoms with E-state index in [1.54, 1.807) is 32.0 Å². The fourth-order valence-corrected chi connectivity index (χ4v) is 7.34. The summed E-state index contributed by atoms with van der Waals surface area (Å²) in [6.45, 7) is 4.47. The monoisotopic (exact) mass is 654 g/mol. The molecule has 2 aromatic heterocycles. The SMILES string of the molecule is CC(C)N(C(=O)NCc1ccccc1)N1CC(=O)N2[C@@H](Cc3ccc4[nH]c(=O)oc4c3)C(=O)N(Cc3cccc4sc(N)nc34)C[C@@H]21. The number of anilines is 1. The van der Waals surface area contributed by atoms with Crippen LogP contribution >= 0.6 is 11.3 Å². The molecule has 13 nitrogen and oxygen atoms in total. The van der Waals surface area contributed by atoms with Crippen LogP contribution in [0.2, 0.25) is 0 Å². The number of hydrogen-bond acceptors (Lipinski definition) is 9. The van der Waals surface area contributed by atoms with Crippen molar-refractivity contribution in [2.24, 2.45) is 0 Å². The van der Waals surface area contributed by atoms with Gasteiger partial charge in [-0.25, -0.2) is 14.6 Å². The summed E-state index contributed by atoms with van der Waals surface area (Å²) >= 11 is 1.38. The molecule has 47 heavy (non-hydrogen) atoms. The van der Waals surface area contributed by atoms with Crippen molar-refractivity contribution in [3.63, 3.8) is 0 Å². The minimum atomic E-state index is -0.865. The van der Waals surface area contributed by atoms with Crippen LogP contribution in [0.25, 0.3) is 21.3 Å². The van der Waals surface area contributed by atoms with E-state index < -0.39 is 18.0 Å². The first-order valence-corrected chi connectivity index (χ1v) is 16.2. The average Bonchev–Trinajstić information content (AvgIpc) is 3.71. The Balaban J connectivity index is 1.23. The number of aromatic nitrogens is 2. The van der Waals surface area contributed by atoms with Gasteiger partial charge in [-0.2, -0.15) is 5.01 Å². The Bertz CT molecular complexity index is 2040. The molecule has 4 N–H and O–H groups in total. The van der Waals surface area contributed by atoms with Gasteiger partial charge in [0.25, 0.3) is 0 Å². The van der Waals surface area contributed by atoms with E-state index in [2.05, 4.69) is 15.3 Å². The van der Waals surface area contributed by atoms with Crippen molar-refractivity contribution >= 4 is 55.6 Å². The first-order valence-electron chi connectivity index (χ1n) is 15.4. The molecule has 2 saturated heterocycles.